The van der Waals surface area contributed by atoms with Crippen LogP contribution in [0, 0.1) is 11.8 Å². The number of benzene rings is 2. The van der Waals surface area contributed by atoms with Crippen LogP contribution in [0.2, 0.25) is 0 Å². The molecule has 0 saturated carbocycles. The molecule has 0 aromatic heterocycles. The van der Waals surface area contributed by atoms with Gasteiger partial charge in [0.2, 0.25) is 0 Å². The molecule has 0 heterocycles. The monoisotopic (exact) mass is 478 g/mol. The van der Waals surface area contributed by atoms with Gasteiger partial charge < -0.3 is 9.47 Å². The fraction of sp³-hybridized carbons (Fsp3) is 0.548. The van der Waals surface area contributed by atoms with Gasteiger partial charge in [0.25, 0.3) is 0 Å². The molecule has 0 fully saturated rings. The molecule has 4 nitrogen and oxygen atoms in total. The van der Waals surface area contributed by atoms with Gasteiger partial charge in [0.05, 0.1) is 11.8 Å². The Kier molecular flexibility index (Phi) is 9.94. The van der Waals surface area contributed by atoms with E-state index in [0.717, 1.165) is 73.3 Å². The Morgan fingerprint density at radius 3 is 1.74 bits per heavy atom. The van der Waals surface area contributed by atoms with Crippen molar-refractivity contribution in [2.45, 2.75) is 98.8 Å². The van der Waals surface area contributed by atoms with Crippen LogP contribution in [0.15, 0.2) is 35.9 Å². The zero-order valence-corrected chi connectivity index (χ0v) is 22.2. The predicted octanol–water partition coefficient (Wildman–Crippen LogP) is 8.13. The standard InChI is InChI=1S/C31H42O4/c1-6-10-14-22(8-3)30(32)34-28-24-16-12-13-17-25(24)29(27-20-21(5)18-19-26(27)28)35-31(33)23(9-4)15-11-7-2/h12-13,16-18,22-23H,6-11,14-15,19-20H2,1-5H3. The first-order valence-corrected chi connectivity index (χ1v) is 13.6. The third-order valence-corrected chi connectivity index (χ3v) is 7.31. The number of hydrogen-bond acceptors (Lipinski definition) is 4. The molecule has 0 aliphatic heterocycles. The fourth-order valence-corrected chi connectivity index (χ4v) is 4.99. The van der Waals surface area contributed by atoms with Crippen molar-refractivity contribution in [1.82, 2.24) is 0 Å². The van der Waals surface area contributed by atoms with E-state index in [1.54, 1.807) is 0 Å². The average Bonchev–Trinajstić information content (AvgIpc) is 2.86. The van der Waals surface area contributed by atoms with Crippen molar-refractivity contribution in [3.05, 3.63) is 47.0 Å². The van der Waals surface area contributed by atoms with E-state index in [1.165, 1.54) is 5.57 Å². The summed E-state index contributed by atoms with van der Waals surface area (Å²) >= 11 is 0. The van der Waals surface area contributed by atoms with Gasteiger partial charge in [-0.05, 0) is 45.4 Å². The number of carbonyl (C=O) groups excluding carboxylic acids is 2. The van der Waals surface area contributed by atoms with Gasteiger partial charge in [-0.3, -0.25) is 9.59 Å². The zero-order valence-electron chi connectivity index (χ0n) is 22.2. The third kappa shape index (κ3) is 6.34. The second-order valence-electron chi connectivity index (χ2n) is 9.93. The van der Waals surface area contributed by atoms with Gasteiger partial charge in [-0.25, -0.2) is 0 Å². The first kappa shape index (κ1) is 27.0. The highest BCUT2D eigenvalue weighted by Crippen LogP contribution is 2.44. The molecule has 190 valence electrons. The lowest BCUT2D eigenvalue weighted by molar-refractivity contribution is -0.140. The van der Waals surface area contributed by atoms with E-state index in [1.807, 2.05) is 38.1 Å². The normalized spacial score (nSPS) is 14.7. The first-order valence-electron chi connectivity index (χ1n) is 13.6. The van der Waals surface area contributed by atoms with E-state index >= 15 is 0 Å². The summed E-state index contributed by atoms with van der Waals surface area (Å²) in [5.74, 6) is 0.751. The lowest BCUT2D eigenvalue weighted by Gasteiger charge is -2.25. The van der Waals surface area contributed by atoms with Crippen LogP contribution in [0.4, 0.5) is 0 Å². The van der Waals surface area contributed by atoms with Gasteiger partial charge in [0.1, 0.15) is 11.5 Å². The number of unbranched alkanes of at least 4 members (excludes halogenated alkanes) is 2. The van der Waals surface area contributed by atoms with Crippen LogP contribution in [0.1, 0.15) is 97.1 Å². The number of rotatable bonds is 12. The topological polar surface area (TPSA) is 52.6 Å². The summed E-state index contributed by atoms with van der Waals surface area (Å²) < 4.78 is 12.4. The summed E-state index contributed by atoms with van der Waals surface area (Å²) in [6.07, 6.45) is 10.9. The number of hydrogen-bond donors (Lipinski definition) is 0. The average molecular weight is 479 g/mol. The highest BCUT2D eigenvalue weighted by atomic mass is 16.5. The molecule has 0 spiro atoms. The van der Waals surface area contributed by atoms with Crippen LogP contribution < -0.4 is 9.47 Å². The molecule has 0 radical (unpaired) electrons. The molecular weight excluding hydrogens is 436 g/mol. The molecule has 0 bridgehead atoms. The maximum atomic E-state index is 13.2. The summed E-state index contributed by atoms with van der Waals surface area (Å²) in [7, 11) is 0. The maximum absolute atomic E-state index is 13.2. The van der Waals surface area contributed by atoms with E-state index in [-0.39, 0.29) is 23.8 Å². The largest absolute Gasteiger partial charge is 0.425 e. The molecule has 0 N–H and O–H groups in total. The number of ether oxygens (including phenoxy) is 2. The van der Waals surface area contributed by atoms with Crippen LogP contribution in [0.3, 0.4) is 0 Å². The minimum absolute atomic E-state index is 0.105. The molecule has 1 aliphatic rings. The van der Waals surface area contributed by atoms with E-state index in [4.69, 9.17) is 9.47 Å². The van der Waals surface area contributed by atoms with Gasteiger partial charge in [0, 0.05) is 21.9 Å². The lowest BCUT2D eigenvalue weighted by atomic mass is 9.87. The second-order valence-corrected chi connectivity index (χ2v) is 9.93. The zero-order chi connectivity index (χ0) is 25.4. The Morgan fingerprint density at radius 2 is 1.29 bits per heavy atom. The van der Waals surface area contributed by atoms with Crippen LogP contribution >= 0.6 is 0 Å². The minimum Gasteiger partial charge on any atom is -0.425 e. The number of carbonyl (C=O) groups is 2. The van der Waals surface area contributed by atoms with E-state index in [9.17, 15) is 9.59 Å². The minimum atomic E-state index is -0.157. The summed E-state index contributed by atoms with van der Waals surface area (Å²) in [5.41, 5.74) is 3.18. The van der Waals surface area contributed by atoms with Gasteiger partial charge in [-0.2, -0.15) is 0 Å². The summed E-state index contributed by atoms with van der Waals surface area (Å²) in [6.45, 7) is 10.5. The SMILES string of the molecule is CCCCC(CC)C(=O)Oc1c2c(c(OC(=O)C(CC)CCCC)c3ccccc13)CC(C)=CC2. The predicted molar refractivity (Wildman–Crippen MR) is 143 cm³/mol. The van der Waals surface area contributed by atoms with Crippen molar-refractivity contribution >= 4 is 22.7 Å². The smallest absolute Gasteiger partial charge is 0.314 e. The molecule has 0 amide bonds. The molecule has 2 unspecified atom stereocenters. The van der Waals surface area contributed by atoms with Crippen LogP contribution in [0.5, 0.6) is 11.5 Å². The molecule has 2 aromatic carbocycles. The fourth-order valence-electron chi connectivity index (χ4n) is 4.99. The molecule has 35 heavy (non-hydrogen) atoms. The Hall–Kier alpha value is -2.62. The highest BCUT2D eigenvalue weighted by Gasteiger charge is 2.29. The molecule has 0 saturated heterocycles. The molecule has 4 heteroatoms. The van der Waals surface area contributed by atoms with E-state index in [2.05, 4.69) is 26.8 Å². The first-order chi connectivity index (χ1) is 16.9. The van der Waals surface area contributed by atoms with Crippen molar-refractivity contribution in [2.24, 2.45) is 11.8 Å². The lowest BCUT2D eigenvalue weighted by Crippen LogP contribution is -2.23. The number of fused-ring (bicyclic) bond motifs is 2. The van der Waals surface area contributed by atoms with Crippen LogP contribution in [-0.2, 0) is 22.4 Å². The maximum Gasteiger partial charge on any atom is 0.314 e. The van der Waals surface area contributed by atoms with Gasteiger partial charge in [0.15, 0.2) is 0 Å². The van der Waals surface area contributed by atoms with Crippen molar-refractivity contribution in [1.29, 1.82) is 0 Å². The number of allylic oxidation sites excluding steroid dienone is 2. The third-order valence-electron chi connectivity index (χ3n) is 7.31. The Labute approximate surface area is 211 Å². The van der Waals surface area contributed by atoms with Gasteiger partial charge in [-0.15, -0.1) is 0 Å². The Balaban J connectivity index is 2.07. The summed E-state index contributed by atoms with van der Waals surface area (Å²) in [6, 6.07) is 7.85. The van der Waals surface area contributed by atoms with Crippen molar-refractivity contribution in [2.75, 3.05) is 0 Å². The Bertz CT molecular complexity index is 1070. The molecule has 1 aliphatic carbocycles. The van der Waals surface area contributed by atoms with Crippen LogP contribution in [0.25, 0.3) is 10.8 Å². The molecule has 2 aromatic rings. The quantitative estimate of drug-likeness (QED) is 0.175. The summed E-state index contributed by atoms with van der Waals surface area (Å²) in [4.78, 5) is 26.4. The van der Waals surface area contributed by atoms with Crippen molar-refractivity contribution in [3.63, 3.8) is 0 Å². The number of esters is 2. The van der Waals surface area contributed by atoms with E-state index in [0.29, 0.717) is 24.3 Å². The highest BCUT2D eigenvalue weighted by molar-refractivity contribution is 5.99. The molecular formula is C31H42O4. The van der Waals surface area contributed by atoms with Crippen molar-refractivity contribution in [3.8, 4) is 11.5 Å². The van der Waals surface area contributed by atoms with Crippen molar-refractivity contribution < 1.29 is 19.1 Å². The van der Waals surface area contributed by atoms with Crippen LogP contribution in [-0.4, -0.2) is 11.9 Å². The van der Waals surface area contributed by atoms with E-state index < -0.39 is 0 Å². The van der Waals surface area contributed by atoms with Gasteiger partial charge in [-0.1, -0.05) is 89.3 Å². The second kappa shape index (κ2) is 12.9. The molecule has 2 atom stereocenters. The molecule has 3 rings (SSSR count). The summed E-state index contributed by atoms with van der Waals surface area (Å²) in [5, 5.41) is 1.67. The Morgan fingerprint density at radius 1 is 0.800 bits per heavy atom. The van der Waals surface area contributed by atoms with Gasteiger partial charge >= 0.3 is 11.9 Å².